The maximum Gasteiger partial charge on any atom is 0.223 e. The molecule has 1 saturated carbocycles. The van der Waals surface area contributed by atoms with Crippen LogP contribution in [0.1, 0.15) is 39.3 Å². The molecule has 3 N–H and O–H groups in total. The van der Waals surface area contributed by atoms with Crippen molar-refractivity contribution in [2.45, 2.75) is 51.3 Å². The van der Waals surface area contributed by atoms with E-state index >= 15 is 0 Å². The van der Waals surface area contributed by atoms with Crippen molar-refractivity contribution >= 4 is 22.7 Å². The van der Waals surface area contributed by atoms with Crippen LogP contribution in [0.15, 0.2) is 12.3 Å². The first-order valence-electron chi connectivity index (χ1n) is 7.65. The van der Waals surface area contributed by atoms with E-state index < -0.39 is 0 Å². The number of nitrogens with one attached hydrogen (secondary N) is 2. The largest absolute Gasteiger partial charge is 0.393 e. The number of rotatable bonds is 3. The summed E-state index contributed by atoms with van der Waals surface area (Å²) < 4.78 is 0. The molecule has 0 unspecified atom stereocenters. The average Bonchev–Trinajstić information content (AvgIpc) is 2.44. The predicted molar refractivity (Wildman–Crippen MR) is 88.1 cm³/mol. The van der Waals surface area contributed by atoms with Crippen LogP contribution in [0.5, 0.6) is 0 Å². The van der Waals surface area contributed by atoms with E-state index in [0.717, 1.165) is 5.39 Å². The number of aliphatic hydroxyl groups is 1. The Labute approximate surface area is 134 Å². The third-order valence-electron chi connectivity index (χ3n) is 3.62. The summed E-state index contributed by atoms with van der Waals surface area (Å²) in [4.78, 5) is 13.2. The van der Waals surface area contributed by atoms with Gasteiger partial charge < -0.3 is 15.7 Å². The number of nitriles is 1. The molecule has 0 aliphatic heterocycles. The fourth-order valence-electron chi connectivity index (χ4n) is 2.50. The van der Waals surface area contributed by atoms with Gasteiger partial charge in [0.15, 0.2) is 5.82 Å². The van der Waals surface area contributed by atoms with Crippen LogP contribution in [0.2, 0.25) is 0 Å². The molecule has 0 amide bonds. The van der Waals surface area contributed by atoms with Gasteiger partial charge in [-0.3, -0.25) is 0 Å². The number of aromatic nitrogens is 3. The van der Waals surface area contributed by atoms with Crippen LogP contribution in [0.25, 0.3) is 10.9 Å². The first kappa shape index (κ1) is 15.4. The quantitative estimate of drug-likeness (QED) is 0.796. The number of aliphatic hydroxyl groups excluding tert-OH is 1. The van der Waals surface area contributed by atoms with Crippen LogP contribution >= 0.6 is 0 Å². The van der Waals surface area contributed by atoms with Gasteiger partial charge >= 0.3 is 0 Å². The Morgan fingerprint density at radius 3 is 2.65 bits per heavy atom. The Balaban J connectivity index is 1.98. The van der Waals surface area contributed by atoms with Crippen molar-refractivity contribution in [1.29, 1.82) is 5.26 Å². The van der Waals surface area contributed by atoms with E-state index in [9.17, 15) is 5.11 Å². The third kappa shape index (κ3) is 3.48. The molecule has 120 valence electrons. The Bertz CT molecular complexity index is 770. The van der Waals surface area contributed by atoms with E-state index in [1.54, 1.807) is 12.3 Å². The first-order valence-corrected chi connectivity index (χ1v) is 7.65. The molecule has 0 atom stereocenters. The fraction of sp³-hybridized carbons (Fsp3) is 0.500. The Morgan fingerprint density at radius 2 is 2.04 bits per heavy atom. The van der Waals surface area contributed by atoms with Gasteiger partial charge in [-0.25, -0.2) is 15.0 Å². The Hall–Kier alpha value is -2.46. The van der Waals surface area contributed by atoms with Crippen molar-refractivity contribution in [2.75, 3.05) is 10.6 Å². The molecular formula is C16H20N6O. The minimum absolute atomic E-state index is 0.202. The number of hydrogen-bond donors (Lipinski definition) is 3. The molecule has 7 nitrogen and oxygen atoms in total. The highest BCUT2D eigenvalue weighted by Gasteiger charge is 2.27. The Kier molecular flexibility index (Phi) is 3.78. The average molecular weight is 312 g/mol. The zero-order valence-electron chi connectivity index (χ0n) is 13.5. The van der Waals surface area contributed by atoms with Crippen LogP contribution in [-0.4, -0.2) is 37.7 Å². The molecule has 2 aromatic heterocycles. The molecule has 0 spiro atoms. The normalized spacial score (nSPS) is 20.7. The maximum absolute atomic E-state index is 9.37. The van der Waals surface area contributed by atoms with Crippen molar-refractivity contribution in [3.8, 4) is 6.07 Å². The molecule has 1 fully saturated rings. The molecule has 0 radical (unpaired) electrons. The topological polar surface area (TPSA) is 107 Å². The van der Waals surface area contributed by atoms with Gasteiger partial charge in [0.2, 0.25) is 5.95 Å². The summed E-state index contributed by atoms with van der Waals surface area (Å²) in [6.07, 6.45) is 2.88. The first-order chi connectivity index (χ1) is 10.8. The SMILES string of the molecule is CC(C)(C)Nc1nc(C#N)cc2cnc(N[C@H]3C[C@H](O)C3)nc12. The summed E-state index contributed by atoms with van der Waals surface area (Å²) in [5.41, 5.74) is 0.803. The molecule has 0 bridgehead atoms. The lowest BCUT2D eigenvalue weighted by Gasteiger charge is -2.31. The summed E-state index contributed by atoms with van der Waals surface area (Å²) >= 11 is 0. The molecule has 1 aliphatic rings. The molecule has 0 saturated heterocycles. The van der Waals surface area contributed by atoms with Crippen LogP contribution in [0.3, 0.4) is 0 Å². The molecule has 0 aromatic carbocycles. The van der Waals surface area contributed by atoms with E-state index in [-0.39, 0.29) is 17.7 Å². The van der Waals surface area contributed by atoms with Gasteiger partial charge in [0.25, 0.3) is 0 Å². The lowest BCUT2D eigenvalue weighted by molar-refractivity contribution is 0.0834. The van der Waals surface area contributed by atoms with Gasteiger partial charge in [0.05, 0.1) is 6.10 Å². The van der Waals surface area contributed by atoms with Crippen LogP contribution < -0.4 is 10.6 Å². The smallest absolute Gasteiger partial charge is 0.223 e. The van der Waals surface area contributed by atoms with Gasteiger partial charge in [-0.15, -0.1) is 0 Å². The number of anilines is 2. The van der Waals surface area contributed by atoms with Crippen molar-refractivity contribution in [2.24, 2.45) is 0 Å². The number of hydrogen-bond acceptors (Lipinski definition) is 7. The maximum atomic E-state index is 9.37. The van der Waals surface area contributed by atoms with Gasteiger partial charge in [-0.2, -0.15) is 5.26 Å². The van der Waals surface area contributed by atoms with Crippen molar-refractivity contribution in [1.82, 2.24) is 15.0 Å². The molecular weight excluding hydrogens is 292 g/mol. The zero-order valence-corrected chi connectivity index (χ0v) is 13.5. The monoisotopic (exact) mass is 312 g/mol. The lowest BCUT2D eigenvalue weighted by Crippen LogP contribution is -2.39. The van der Waals surface area contributed by atoms with Gasteiger partial charge in [0, 0.05) is 23.2 Å². The van der Waals surface area contributed by atoms with Crippen LogP contribution in [0.4, 0.5) is 11.8 Å². The second-order valence-electron chi connectivity index (χ2n) is 6.94. The van der Waals surface area contributed by atoms with E-state index in [1.807, 2.05) is 20.8 Å². The molecule has 23 heavy (non-hydrogen) atoms. The Morgan fingerprint density at radius 1 is 1.30 bits per heavy atom. The van der Waals surface area contributed by atoms with Crippen LogP contribution in [-0.2, 0) is 0 Å². The van der Waals surface area contributed by atoms with Gasteiger partial charge in [-0.05, 0) is 39.7 Å². The highest BCUT2D eigenvalue weighted by molar-refractivity contribution is 5.89. The standard InChI is InChI=1S/C16H20N6O/c1-16(2,3)22-14-13-9(4-11(7-17)19-14)8-18-15(21-13)20-10-5-12(23)6-10/h4,8,10,12,23H,5-6H2,1-3H3,(H,19,22)(H,18,20,21)/t10-,12-. The molecule has 3 rings (SSSR count). The number of fused-ring (bicyclic) bond motifs is 1. The lowest BCUT2D eigenvalue weighted by atomic mass is 9.90. The fourth-order valence-corrected chi connectivity index (χ4v) is 2.50. The zero-order chi connectivity index (χ0) is 16.6. The minimum Gasteiger partial charge on any atom is -0.393 e. The van der Waals surface area contributed by atoms with Crippen molar-refractivity contribution < 1.29 is 5.11 Å². The van der Waals surface area contributed by atoms with E-state index in [1.165, 1.54) is 0 Å². The summed E-state index contributed by atoms with van der Waals surface area (Å²) in [7, 11) is 0. The van der Waals surface area contributed by atoms with Gasteiger partial charge in [-0.1, -0.05) is 0 Å². The second-order valence-corrected chi connectivity index (χ2v) is 6.94. The van der Waals surface area contributed by atoms with E-state index in [0.29, 0.717) is 35.8 Å². The highest BCUT2D eigenvalue weighted by atomic mass is 16.3. The highest BCUT2D eigenvalue weighted by Crippen LogP contribution is 2.26. The van der Waals surface area contributed by atoms with Crippen molar-refractivity contribution in [3.05, 3.63) is 18.0 Å². The number of pyridine rings is 1. The molecule has 1 aliphatic carbocycles. The van der Waals surface area contributed by atoms with Gasteiger partial charge in [0.1, 0.15) is 17.3 Å². The number of nitrogens with zero attached hydrogens (tertiary/aromatic N) is 4. The van der Waals surface area contributed by atoms with E-state index in [2.05, 4.69) is 31.7 Å². The summed E-state index contributed by atoms with van der Waals surface area (Å²) in [5.74, 6) is 1.09. The minimum atomic E-state index is -0.231. The summed E-state index contributed by atoms with van der Waals surface area (Å²) in [5, 5.41) is 25.8. The molecule has 7 heteroatoms. The van der Waals surface area contributed by atoms with Crippen molar-refractivity contribution in [3.63, 3.8) is 0 Å². The molecule has 2 aromatic rings. The third-order valence-corrected chi connectivity index (χ3v) is 3.62. The van der Waals surface area contributed by atoms with Crippen LogP contribution in [0, 0.1) is 11.3 Å². The summed E-state index contributed by atoms with van der Waals surface area (Å²) in [6, 6.07) is 3.95. The molecule has 2 heterocycles. The second kappa shape index (κ2) is 5.63. The predicted octanol–water partition coefficient (Wildman–Crippen LogP) is 2.04. The summed E-state index contributed by atoms with van der Waals surface area (Å²) in [6.45, 7) is 6.07. The van der Waals surface area contributed by atoms with E-state index in [4.69, 9.17) is 5.26 Å².